The standard InChI is InChI=1S/C16H23IN4/c1-18-16-13(17)14(9-3-4-9)19-15(20-16)10-7-11-5-6-12(8-10)21(11)2/h9-12H,3-8H2,1-2H3,(H,18,19,20). The van der Waals surface area contributed by atoms with Crippen molar-refractivity contribution in [2.24, 2.45) is 0 Å². The molecule has 2 atom stereocenters. The first kappa shape index (κ1) is 14.2. The van der Waals surface area contributed by atoms with Crippen LogP contribution in [0.4, 0.5) is 5.82 Å². The van der Waals surface area contributed by atoms with Crippen molar-refractivity contribution in [2.45, 2.75) is 62.4 Å². The highest BCUT2D eigenvalue weighted by Crippen LogP contribution is 2.45. The third kappa shape index (κ3) is 2.46. The van der Waals surface area contributed by atoms with Crippen molar-refractivity contribution in [1.29, 1.82) is 0 Å². The van der Waals surface area contributed by atoms with Gasteiger partial charge in [0.05, 0.1) is 9.26 Å². The summed E-state index contributed by atoms with van der Waals surface area (Å²) in [6.07, 6.45) is 7.79. The van der Waals surface area contributed by atoms with E-state index in [0.717, 1.165) is 23.7 Å². The van der Waals surface area contributed by atoms with E-state index >= 15 is 0 Å². The smallest absolute Gasteiger partial charge is 0.143 e. The van der Waals surface area contributed by atoms with E-state index in [-0.39, 0.29) is 0 Å². The van der Waals surface area contributed by atoms with Gasteiger partial charge in [-0.25, -0.2) is 9.97 Å². The van der Waals surface area contributed by atoms with Crippen LogP contribution in [-0.4, -0.2) is 41.0 Å². The highest BCUT2D eigenvalue weighted by Gasteiger charge is 2.40. The van der Waals surface area contributed by atoms with Crippen molar-refractivity contribution < 1.29 is 0 Å². The Hall–Kier alpha value is -0.430. The molecule has 21 heavy (non-hydrogen) atoms. The average molecular weight is 398 g/mol. The first-order valence-corrected chi connectivity index (χ1v) is 9.22. The van der Waals surface area contributed by atoms with Gasteiger partial charge in [0.1, 0.15) is 11.6 Å². The summed E-state index contributed by atoms with van der Waals surface area (Å²) in [4.78, 5) is 12.5. The van der Waals surface area contributed by atoms with E-state index in [2.05, 4.69) is 39.9 Å². The second-order valence-electron chi connectivity index (χ2n) is 6.87. The van der Waals surface area contributed by atoms with Gasteiger partial charge in [-0.15, -0.1) is 0 Å². The van der Waals surface area contributed by atoms with Gasteiger partial charge >= 0.3 is 0 Å². The van der Waals surface area contributed by atoms with E-state index in [1.54, 1.807) is 0 Å². The molecule has 1 aromatic rings. The lowest BCUT2D eigenvalue weighted by Gasteiger charge is -2.35. The first-order chi connectivity index (χ1) is 10.2. The molecule has 3 fully saturated rings. The van der Waals surface area contributed by atoms with Gasteiger partial charge in [-0.3, -0.25) is 0 Å². The summed E-state index contributed by atoms with van der Waals surface area (Å²) in [5.74, 6) is 3.38. The third-order valence-electron chi connectivity index (χ3n) is 5.56. The molecule has 4 rings (SSSR count). The van der Waals surface area contributed by atoms with E-state index in [9.17, 15) is 0 Å². The van der Waals surface area contributed by atoms with Crippen LogP contribution < -0.4 is 5.32 Å². The number of halogens is 1. The fraction of sp³-hybridized carbons (Fsp3) is 0.750. The molecule has 0 amide bonds. The molecule has 114 valence electrons. The average Bonchev–Trinajstić information content (AvgIpc) is 3.29. The third-order valence-corrected chi connectivity index (χ3v) is 6.62. The lowest BCUT2D eigenvalue weighted by atomic mass is 9.90. The van der Waals surface area contributed by atoms with Gasteiger partial charge in [-0.05, 0) is 68.2 Å². The Morgan fingerprint density at radius 2 is 1.71 bits per heavy atom. The maximum Gasteiger partial charge on any atom is 0.143 e. The number of nitrogens with one attached hydrogen (secondary N) is 1. The lowest BCUT2D eigenvalue weighted by Crippen LogP contribution is -2.39. The van der Waals surface area contributed by atoms with Crippen molar-refractivity contribution in [3.8, 4) is 0 Å². The number of hydrogen-bond donors (Lipinski definition) is 1. The quantitative estimate of drug-likeness (QED) is 0.794. The molecule has 2 unspecified atom stereocenters. The maximum absolute atomic E-state index is 5.01. The Morgan fingerprint density at radius 3 is 2.29 bits per heavy atom. The van der Waals surface area contributed by atoms with E-state index < -0.39 is 0 Å². The van der Waals surface area contributed by atoms with E-state index in [4.69, 9.17) is 9.97 Å². The number of aromatic nitrogens is 2. The molecular weight excluding hydrogens is 375 g/mol. The molecule has 0 aromatic carbocycles. The van der Waals surface area contributed by atoms with Gasteiger partial charge in [0.15, 0.2) is 0 Å². The lowest BCUT2D eigenvalue weighted by molar-refractivity contribution is 0.159. The highest BCUT2D eigenvalue weighted by molar-refractivity contribution is 14.1. The first-order valence-electron chi connectivity index (χ1n) is 8.14. The number of nitrogens with zero attached hydrogens (tertiary/aromatic N) is 3. The number of hydrogen-bond acceptors (Lipinski definition) is 4. The number of anilines is 1. The van der Waals surface area contributed by atoms with Crippen LogP contribution in [0.2, 0.25) is 0 Å². The van der Waals surface area contributed by atoms with Crippen LogP contribution >= 0.6 is 22.6 Å². The number of fused-ring (bicyclic) bond motifs is 2. The summed E-state index contributed by atoms with van der Waals surface area (Å²) < 4.78 is 1.23. The molecule has 2 bridgehead atoms. The topological polar surface area (TPSA) is 41.1 Å². The molecule has 4 nitrogen and oxygen atoms in total. The molecule has 2 saturated heterocycles. The SMILES string of the molecule is CNc1nc(C2CC3CCC(C2)N3C)nc(C2CC2)c1I. The molecule has 2 aliphatic heterocycles. The van der Waals surface area contributed by atoms with Crippen LogP contribution in [0, 0.1) is 3.57 Å². The van der Waals surface area contributed by atoms with Crippen LogP contribution in [0.3, 0.4) is 0 Å². The molecule has 3 aliphatic rings. The molecule has 1 N–H and O–H groups in total. The Balaban J connectivity index is 1.67. The second-order valence-corrected chi connectivity index (χ2v) is 7.95. The van der Waals surface area contributed by atoms with Gasteiger partial charge in [0.2, 0.25) is 0 Å². The van der Waals surface area contributed by atoms with Crippen molar-refractivity contribution in [3.63, 3.8) is 0 Å². The number of rotatable bonds is 3. The van der Waals surface area contributed by atoms with Gasteiger partial charge in [0, 0.05) is 31.0 Å². The second kappa shape index (κ2) is 5.33. The Morgan fingerprint density at radius 1 is 1.05 bits per heavy atom. The minimum atomic E-state index is 0.556. The van der Waals surface area contributed by atoms with Crippen molar-refractivity contribution in [1.82, 2.24) is 14.9 Å². The van der Waals surface area contributed by atoms with Gasteiger partial charge < -0.3 is 10.2 Å². The summed E-state index contributed by atoms with van der Waals surface area (Å²) in [6.45, 7) is 0. The predicted octanol–water partition coefficient (Wildman–Crippen LogP) is 3.34. The maximum atomic E-state index is 5.01. The minimum absolute atomic E-state index is 0.556. The molecule has 0 spiro atoms. The van der Waals surface area contributed by atoms with Gasteiger partial charge in [-0.1, -0.05) is 0 Å². The summed E-state index contributed by atoms with van der Waals surface area (Å²) in [5.41, 5.74) is 1.30. The van der Waals surface area contributed by atoms with E-state index in [0.29, 0.717) is 11.8 Å². The number of piperidine rings is 1. The van der Waals surface area contributed by atoms with Crippen molar-refractivity contribution in [3.05, 3.63) is 15.1 Å². The summed E-state index contributed by atoms with van der Waals surface area (Å²) in [7, 11) is 4.27. The normalized spacial score (nSPS) is 32.4. The zero-order chi connectivity index (χ0) is 14.6. The molecule has 0 radical (unpaired) electrons. The molecule has 3 heterocycles. The van der Waals surface area contributed by atoms with Crippen molar-refractivity contribution in [2.75, 3.05) is 19.4 Å². The van der Waals surface area contributed by atoms with Crippen molar-refractivity contribution >= 4 is 28.4 Å². The molecule has 1 aliphatic carbocycles. The van der Waals surface area contributed by atoms with Gasteiger partial charge in [-0.2, -0.15) is 0 Å². The molecule has 5 heteroatoms. The van der Waals surface area contributed by atoms with Crippen LogP contribution in [0.15, 0.2) is 0 Å². The highest BCUT2D eigenvalue weighted by atomic mass is 127. The Labute approximate surface area is 140 Å². The molecular formula is C16H23IN4. The van der Waals surface area contributed by atoms with Crippen LogP contribution in [0.5, 0.6) is 0 Å². The van der Waals surface area contributed by atoms with Gasteiger partial charge in [0.25, 0.3) is 0 Å². The largest absolute Gasteiger partial charge is 0.372 e. The summed E-state index contributed by atoms with van der Waals surface area (Å²) >= 11 is 2.41. The minimum Gasteiger partial charge on any atom is -0.372 e. The molecule has 1 aromatic heterocycles. The molecule has 1 saturated carbocycles. The zero-order valence-corrected chi connectivity index (χ0v) is 14.9. The fourth-order valence-corrected chi connectivity index (χ4v) is 5.03. The van der Waals surface area contributed by atoms with Crippen LogP contribution in [-0.2, 0) is 0 Å². The van der Waals surface area contributed by atoms with E-state index in [1.807, 2.05) is 7.05 Å². The zero-order valence-electron chi connectivity index (χ0n) is 12.8. The Kier molecular flexibility index (Phi) is 3.60. The van der Waals surface area contributed by atoms with Crippen LogP contribution in [0.25, 0.3) is 0 Å². The Bertz CT molecular complexity index is 543. The monoisotopic (exact) mass is 398 g/mol. The van der Waals surface area contributed by atoms with Crippen LogP contribution in [0.1, 0.15) is 61.9 Å². The van der Waals surface area contributed by atoms with E-state index in [1.165, 1.54) is 47.8 Å². The fourth-order valence-electron chi connectivity index (χ4n) is 4.08. The summed E-state index contributed by atoms with van der Waals surface area (Å²) in [5, 5.41) is 3.28. The summed E-state index contributed by atoms with van der Waals surface area (Å²) in [6, 6.07) is 1.50. The predicted molar refractivity (Wildman–Crippen MR) is 92.8 cm³/mol.